The van der Waals surface area contributed by atoms with E-state index in [9.17, 15) is 24.9 Å². The number of amides is 2. The van der Waals surface area contributed by atoms with Crippen LogP contribution in [-0.2, 0) is 14.3 Å². The van der Waals surface area contributed by atoms with Gasteiger partial charge >= 0.3 is 0 Å². The van der Waals surface area contributed by atoms with Gasteiger partial charge in [-0.05, 0) is 0 Å². The van der Waals surface area contributed by atoms with Crippen molar-refractivity contribution in [3.05, 3.63) is 0 Å². The van der Waals surface area contributed by atoms with Crippen molar-refractivity contribution < 1.29 is 39.9 Å². The Kier molecular flexibility index (Phi) is 8.19. The van der Waals surface area contributed by atoms with Gasteiger partial charge in [0, 0.05) is 12.7 Å². The van der Waals surface area contributed by atoms with Gasteiger partial charge in [-0.1, -0.05) is 0 Å². The van der Waals surface area contributed by atoms with E-state index in [4.69, 9.17) is 14.9 Å². The molecule has 1 heterocycles. The SMILES string of the molecule is CC(=O)N[C@@H](CSCO)C(=O)N[C@@H]1[C@@H](O)[C@H](O)[C@@H](CO)O[C@@H]1O. The maximum atomic E-state index is 12.2. The molecule has 1 aliphatic rings. The number of carbonyl (C=O) groups is 2. The minimum atomic E-state index is -1.64. The Labute approximate surface area is 136 Å². The number of carbonyl (C=O) groups excluding carboxylic acids is 2. The lowest BCUT2D eigenvalue weighted by Crippen LogP contribution is -2.65. The first kappa shape index (κ1) is 20.1. The average molecular weight is 354 g/mol. The van der Waals surface area contributed by atoms with E-state index >= 15 is 0 Å². The second-order valence-corrected chi connectivity index (χ2v) is 6.02. The molecule has 0 unspecified atom stereocenters. The minimum Gasteiger partial charge on any atom is -0.394 e. The number of hydrogen-bond donors (Lipinski definition) is 7. The van der Waals surface area contributed by atoms with Crippen LogP contribution in [0.25, 0.3) is 0 Å². The third kappa shape index (κ3) is 5.57. The molecule has 7 N–H and O–H groups in total. The van der Waals surface area contributed by atoms with E-state index in [1.54, 1.807) is 0 Å². The maximum absolute atomic E-state index is 12.2. The normalized spacial score (nSPS) is 32.2. The third-order valence-corrected chi connectivity index (χ3v) is 4.03. The molecular formula is C12H22N2O8S. The molecule has 0 spiro atoms. The molecule has 0 aromatic heterocycles. The van der Waals surface area contributed by atoms with E-state index in [0.717, 1.165) is 11.8 Å². The van der Waals surface area contributed by atoms with Gasteiger partial charge in [0.05, 0.1) is 12.5 Å². The molecule has 0 bridgehead atoms. The Hall–Kier alpha value is -0.950. The second-order valence-electron chi connectivity index (χ2n) is 5.02. The van der Waals surface area contributed by atoms with Gasteiger partial charge in [0.15, 0.2) is 6.29 Å². The number of aliphatic hydroxyl groups is 5. The van der Waals surface area contributed by atoms with Gasteiger partial charge in [-0.2, -0.15) is 0 Å². The Morgan fingerprint density at radius 2 is 1.87 bits per heavy atom. The topological polar surface area (TPSA) is 169 Å². The lowest BCUT2D eigenvalue weighted by atomic mass is 9.97. The number of ether oxygens (including phenoxy) is 1. The summed E-state index contributed by atoms with van der Waals surface area (Å²) in [5.41, 5.74) is 0. The van der Waals surface area contributed by atoms with Gasteiger partial charge in [0.2, 0.25) is 11.8 Å². The van der Waals surface area contributed by atoms with Gasteiger partial charge < -0.3 is 40.9 Å². The van der Waals surface area contributed by atoms with Crippen LogP contribution in [0.4, 0.5) is 0 Å². The Morgan fingerprint density at radius 1 is 1.22 bits per heavy atom. The van der Waals surface area contributed by atoms with Crippen molar-refractivity contribution in [2.75, 3.05) is 18.3 Å². The van der Waals surface area contributed by atoms with E-state index in [2.05, 4.69) is 10.6 Å². The molecule has 1 saturated heterocycles. The Balaban J connectivity index is 2.73. The number of rotatable bonds is 7. The van der Waals surface area contributed by atoms with Crippen LogP contribution >= 0.6 is 11.8 Å². The first-order valence-corrected chi connectivity index (χ1v) is 8.03. The average Bonchev–Trinajstić information content (AvgIpc) is 2.50. The summed E-state index contributed by atoms with van der Waals surface area (Å²) >= 11 is 0.996. The zero-order valence-electron chi connectivity index (χ0n) is 12.5. The highest BCUT2D eigenvalue weighted by atomic mass is 32.2. The van der Waals surface area contributed by atoms with Crippen molar-refractivity contribution in [3.63, 3.8) is 0 Å². The molecule has 0 saturated carbocycles. The van der Waals surface area contributed by atoms with Crippen molar-refractivity contribution in [1.82, 2.24) is 10.6 Å². The molecule has 2 amide bonds. The summed E-state index contributed by atoms with van der Waals surface area (Å²) in [6, 6.07) is -2.34. The first-order valence-electron chi connectivity index (χ1n) is 6.88. The van der Waals surface area contributed by atoms with E-state index in [1.165, 1.54) is 6.92 Å². The minimum absolute atomic E-state index is 0.0729. The molecule has 1 aliphatic heterocycles. The monoisotopic (exact) mass is 354 g/mol. The Bertz CT molecular complexity index is 413. The van der Waals surface area contributed by atoms with Crippen LogP contribution < -0.4 is 10.6 Å². The summed E-state index contributed by atoms with van der Waals surface area (Å²) in [4.78, 5) is 23.3. The molecule has 10 nitrogen and oxygen atoms in total. The quantitative estimate of drug-likeness (QED) is 0.226. The molecule has 0 radical (unpaired) electrons. The van der Waals surface area contributed by atoms with Gasteiger partial charge in [-0.15, -0.1) is 11.8 Å². The molecule has 0 aliphatic carbocycles. The molecular weight excluding hydrogens is 332 g/mol. The predicted molar refractivity (Wildman–Crippen MR) is 79.1 cm³/mol. The van der Waals surface area contributed by atoms with Crippen LogP contribution in [0.5, 0.6) is 0 Å². The van der Waals surface area contributed by atoms with Crippen molar-refractivity contribution in [3.8, 4) is 0 Å². The highest BCUT2D eigenvalue weighted by molar-refractivity contribution is 7.99. The molecule has 6 atom stereocenters. The van der Waals surface area contributed by atoms with Crippen LogP contribution in [0.2, 0.25) is 0 Å². The lowest BCUT2D eigenvalue weighted by molar-refractivity contribution is -0.253. The van der Waals surface area contributed by atoms with Gasteiger partial charge in [-0.25, -0.2) is 0 Å². The van der Waals surface area contributed by atoms with Crippen molar-refractivity contribution >= 4 is 23.6 Å². The fourth-order valence-electron chi connectivity index (χ4n) is 2.12. The summed E-state index contributed by atoms with van der Waals surface area (Å²) in [5.74, 6) is -1.37. The predicted octanol–water partition coefficient (Wildman–Crippen LogP) is -3.91. The largest absolute Gasteiger partial charge is 0.394 e. The first-order chi connectivity index (χ1) is 10.8. The zero-order valence-corrected chi connectivity index (χ0v) is 13.3. The molecule has 0 aromatic carbocycles. The highest BCUT2D eigenvalue weighted by Gasteiger charge is 2.44. The number of thioether (sulfide) groups is 1. The third-order valence-electron chi connectivity index (χ3n) is 3.28. The van der Waals surface area contributed by atoms with Crippen molar-refractivity contribution in [1.29, 1.82) is 0 Å². The van der Waals surface area contributed by atoms with Crippen LogP contribution in [0.1, 0.15) is 6.92 Å². The zero-order chi connectivity index (χ0) is 17.6. The summed E-state index contributed by atoms with van der Waals surface area (Å²) in [7, 11) is 0. The smallest absolute Gasteiger partial charge is 0.243 e. The van der Waals surface area contributed by atoms with E-state index in [-0.39, 0.29) is 11.7 Å². The van der Waals surface area contributed by atoms with E-state index in [0.29, 0.717) is 0 Å². The standard InChI is InChI=1S/C12H22N2O8S/c1-5(17)13-6(3-23-4-16)11(20)14-8-10(19)9(18)7(2-15)22-12(8)21/h6-10,12,15-16,18-19,21H,2-4H2,1H3,(H,13,17)(H,14,20)/t6-,7+,8+,9+,10+,12-/m0/s1. The maximum Gasteiger partial charge on any atom is 0.243 e. The van der Waals surface area contributed by atoms with Crippen LogP contribution in [0, 0.1) is 0 Å². The summed E-state index contributed by atoms with van der Waals surface area (Å²) < 4.78 is 4.92. The fourth-order valence-corrected chi connectivity index (χ4v) is 2.69. The van der Waals surface area contributed by atoms with Crippen LogP contribution in [-0.4, -0.2) is 92.3 Å². The lowest BCUT2D eigenvalue weighted by Gasteiger charge is -2.40. The molecule has 23 heavy (non-hydrogen) atoms. The summed E-state index contributed by atoms with van der Waals surface area (Å²) in [6.45, 7) is 0.602. The molecule has 0 aromatic rings. The molecule has 1 rings (SSSR count). The molecule has 134 valence electrons. The van der Waals surface area contributed by atoms with E-state index in [1.807, 2.05) is 0 Å². The van der Waals surface area contributed by atoms with Gasteiger partial charge in [0.25, 0.3) is 0 Å². The Morgan fingerprint density at radius 3 is 2.39 bits per heavy atom. The van der Waals surface area contributed by atoms with Crippen LogP contribution in [0.3, 0.4) is 0 Å². The van der Waals surface area contributed by atoms with Gasteiger partial charge in [0.1, 0.15) is 30.4 Å². The van der Waals surface area contributed by atoms with Crippen molar-refractivity contribution in [2.45, 2.75) is 43.6 Å². The van der Waals surface area contributed by atoms with Gasteiger partial charge in [-0.3, -0.25) is 9.59 Å². The number of hydrogen-bond acceptors (Lipinski definition) is 9. The van der Waals surface area contributed by atoms with Crippen LogP contribution in [0.15, 0.2) is 0 Å². The van der Waals surface area contributed by atoms with Crippen molar-refractivity contribution in [2.24, 2.45) is 0 Å². The number of nitrogens with one attached hydrogen (secondary N) is 2. The fraction of sp³-hybridized carbons (Fsp3) is 0.833. The molecule has 1 fully saturated rings. The van der Waals surface area contributed by atoms with E-state index < -0.39 is 55.1 Å². The number of aliphatic hydroxyl groups excluding tert-OH is 5. The molecule has 11 heteroatoms. The second kappa shape index (κ2) is 9.37. The summed E-state index contributed by atoms with van der Waals surface area (Å²) in [6.07, 6.45) is -5.88. The summed E-state index contributed by atoms with van der Waals surface area (Å²) in [5, 5.41) is 51.9. The highest BCUT2D eigenvalue weighted by Crippen LogP contribution is 2.20.